The first-order chi connectivity index (χ1) is 8.56. The van der Waals surface area contributed by atoms with Gasteiger partial charge in [0.25, 0.3) is 0 Å². The Morgan fingerprint density at radius 3 is 2.56 bits per heavy atom. The Balaban J connectivity index is 2.23. The van der Waals surface area contributed by atoms with Crippen LogP contribution in [-0.4, -0.2) is 17.6 Å². The molecule has 1 aliphatic rings. The number of rotatable bonds is 3. The topological polar surface area (TPSA) is 48.1 Å². The second-order valence-corrected chi connectivity index (χ2v) is 5.65. The summed E-state index contributed by atoms with van der Waals surface area (Å²) >= 11 is 0. The fourth-order valence-corrected chi connectivity index (χ4v) is 3.02. The Kier molecular flexibility index (Phi) is 3.91. The molecule has 2 N–H and O–H groups in total. The monoisotopic (exact) mass is 248 g/mol. The molecular weight excluding hydrogens is 224 g/mol. The zero-order chi connectivity index (χ0) is 13.2. The zero-order valence-electron chi connectivity index (χ0n) is 11.8. The molecule has 100 valence electrons. The average Bonchev–Trinajstić information content (AvgIpc) is 2.34. The Morgan fingerprint density at radius 2 is 1.94 bits per heavy atom. The fraction of sp³-hybridized carbons (Fsp3) is 0.667. The highest BCUT2D eigenvalue weighted by atomic mass is 16.5. The van der Waals surface area contributed by atoms with Gasteiger partial charge < -0.3 is 10.5 Å². The van der Waals surface area contributed by atoms with Crippen LogP contribution in [0.2, 0.25) is 0 Å². The lowest BCUT2D eigenvalue weighted by Crippen LogP contribution is -2.44. The zero-order valence-corrected chi connectivity index (χ0v) is 11.8. The molecule has 0 unspecified atom stereocenters. The fourth-order valence-electron chi connectivity index (χ4n) is 3.02. The third kappa shape index (κ3) is 2.66. The Labute approximate surface area is 110 Å². The lowest BCUT2D eigenvalue weighted by molar-refractivity contribution is 0.291. The third-order valence-corrected chi connectivity index (χ3v) is 4.12. The van der Waals surface area contributed by atoms with Gasteiger partial charge in [-0.1, -0.05) is 19.3 Å². The van der Waals surface area contributed by atoms with Crippen molar-refractivity contribution in [1.29, 1.82) is 0 Å². The molecule has 3 heteroatoms. The lowest BCUT2D eigenvalue weighted by Gasteiger charge is -2.33. The second kappa shape index (κ2) is 5.27. The first-order valence-corrected chi connectivity index (χ1v) is 6.84. The van der Waals surface area contributed by atoms with Gasteiger partial charge in [-0.2, -0.15) is 0 Å². The molecule has 1 aliphatic carbocycles. The van der Waals surface area contributed by atoms with Crippen molar-refractivity contribution in [2.24, 2.45) is 5.73 Å². The van der Waals surface area contributed by atoms with Gasteiger partial charge in [0.05, 0.1) is 7.11 Å². The van der Waals surface area contributed by atoms with Gasteiger partial charge >= 0.3 is 0 Å². The van der Waals surface area contributed by atoms with Crippen molar-refractivity contribution in [3.05, 3.63) is 23.0 Å². The van der Waals surface area contributed by atoms with Crippen LogP contribution in [0.1, 0.15) is 48.9 Å². The van der Waals surface area contributed by atoms with Gasteiger partial charge in [-0.15, -0.1) is 0 Å². The number of nitrogens with zero attached hydrogens (tertiary/aromatic N) is 1. The average molecular weight is 248 g/mol. The van der Waals surface area contributed by atoms with Crippen molar-refractivity contribution in [2.75, 3.05) is 7.11 Å². The summed E-state index contributed by atoms with van der Waals surface area (Å²) in [7, 11) is 1.72. The number of hydrogen-bond acceptors (Lipinski definition) is 3. The van der Waals surface area contributed by atoms with Gasteiger partial charge in [0.2, 0.25) is 0 Å². The van der Waals surface area contributed by atoms with Crippen LogP contribution in [0.15, 0.2) is 6.20 Å². The van der Waals surface area contributed by atoms with E-state index in [1.807, 2.05) is 13.1 Å². The molecular formula is C15H24N2O. The Bertz CT molecular complexity index is 423. The third-order valence-electron chi connectivity index (χ3n) is 4.12. The van der Waals surface area contributed by atoms with E-state index >= 15 is 0 Å². The van der Waals surface area contributed by atoms with E-state index in [-0.39, 0.29) is 5.54 Å². The van der Waals surface area contributed by atoms with Crippen molar-refractivity contribution in [2.45, 2.75) is 57.9 Å². The van der Waals surface area contributed by atoms with E-state index in [2.05, 4.69) is 11.9 Å². The second-order valence-electron chi connectivity index (χ2n) is 5.65. The van der Waals surface area contributed by atoms with Crippen molar-refractivity contribution in [3.8, 4) is 5.75 Å². The largest absolute Gasteiger partial charge is 0.496 e. The highest BCUT2D eigenvalue weighted by Gasteiger charge is 2.29. The number of aryl methyl sites for hydroxylation is 1. The van der Waals surface area contributed by atoms with Crippen LogP contribution in [0.25, 0.3) is 0 Å². The minimum absolute atomic E-state index is 0.0592. The van der Waals surface area contributed by atoms with E-state index in [0.717, 1.165) is 41.8 Å². The maximum Gasteiger partial charge on any atom is 0.128 e. The molecule has 0 amide bonds. The van der Waals surface area contributed by atoms with E-state index in [1.54, 1.807) is 7.11 Å². The summed E-state index contributed by atoms with van der Waals surface area (Å²) in [6.45, 7) is 4.11. The molecule has 0 aliphatic heterocycles. The summed E-state index contributed by atoms with van der Waals surface area (Å²) in [5.74, 6) is 0.958. The summed E-state index contributed by atoms with van der Waals surface area (Å²) in [4.78, 5) is 4.57. The summed E-state index contributed by atoms with van der Waals surface area (Å²) in [5, 5.41) is 0. The Hall–Kier alpha value is -1.09. The van der Waals surface area contributed by atoms with Crippen molar-refractivity contribution < 1.29 is 4.74 Å². The number of ether oxygens (including phenoxy) is 1. The van der Waals surface area contributed by atoms with Crippen LogP contribution < -0.4 is 10.5 Å². The number of pyridine rings is 1. The molecule has 2 rings (SSSR count). The number of methoxy groups -OCH3 is 1. The standard InChI is InChI=1S/C15H24N2O/c1-11-10-17-13(12(2)14(11)18-3)9-15(16)7-5-4-6-8-15/h10H,4-9,16H2,1-3H3. The summed E-state index contributed by atoms with van der Waals surface area (Å²) in [6.07, 6.45) is 8.82. The van der Waals surface area contributed by atoms with E-state index < -0.39 is 0 Å². The predicted molar refractivity (Wildman–Crippen MR) is 74.0 cm³/mol. The van der Waals surface area contributed by atoms with Gasteiger partial charge in [-0.3, -0.25) is 4.98 Å². The molecule has 0 saturated heterocycles. The minimum Gasteiger partial charge on any atom is -0.496 e. The van der Waals surface area contributed by atoms with E-state index in [1.165, 1.54) is 19.3 Å². The normalized spacial score (nSPS) is 18.7. The quantitative estimate of drug-likeness (QED) is 0.894. The first kappa shape index (κ1) is 13.3. The maximum absolute atomic E-state index is 6.51. The first-order valence-electron chi connectivity index (χ1n) is 6.84. The molecule has 1 aromatic heterocycles. The molecule has 0 spiro atoms. The van der Waals surface area contributed by atoms with Gasteiger partial charge in [0.15, 0.2) is 0 Å². The molecule has 1 fully saturated rings. The Morgan fingerprint density at radius 1 is 1.28 bits per heavy atom. The molecule has 0 atom stereocenters. The van der Waals surface area contributed by atoms with Gasteiger partial charge in [0.1, 0.15) is 5.75 Å². The molecule has 0 radical (unpaired) electrons. The smallest absolute Gasteiger partial charge is 0.128 e. The van der Waals surface area contributed by atoms with Gasteiger partial charge in [-0.25, -0.2) is 0 Å². The van der Waals surface area contributed by atoms with Crippen LogP contribution in [0.4, 0.5) is 0 Å². The molecule has 0 bridgehead atoms. The van der Waals surface area contributed by atoms with Crippen LogP contribution in [0.5, 0.6) is 5.75 Å². The number of aromatic nitrogens is 1. The van der Waals surface area contributed by atoms with Crippen LogP contribution in [0, 0.1) is 13.8 Å². The molecule has 1 saturated carbocycles. The van der Waals surface area contributed by atoms with Crippen LogP contribution in [-0.2, 0) is 6.42 Å². The number of nitrogens with two attached hydrogens (primary N) is 1. The van der Waals surface area contributed by atoms with Crippen LogP contribution in [0.3, 0.4) is 0 Å². The minimum atomic E-state index is -0.0592. The summed E-state index contributed by atoms with van der Waals surface area (Å²) in [5.41, 5.74) is 9.79. The van der Waals surface area contributed by atoms with Crippen molar-refractivity contribution >= 4 is 0 Å². The van der Waals surface area contributed by atoms with E-state index in [9.17, 15) is 0 Å². The maximum atomic E-state index is 6.51. The molecule has 0 aromatic carbocycles. The molecule has 1 aromatic rings. The van der Waals surface area contributed by atoms with Gasteiger partial charge in [-0.05, 0) is 26.7 Å². The predicted octanol–water partition coefficient (Wildman–Crippen LogP) is 2.91. The molecule has 3 nitrogen and oxygen atoms in total. The lowest BCUT2D eigenvalue weighted by atomic mass is 9.79. The van der Waals surface area contributed by atoms with Crippen LogP contribution >= 0.6 is 0 Å². The molecule has 18 heavy (non-hydrogen) atoms. The SMILES string of the molecule is COc1c(C)cnc(CC2(N)CCCCC2)c1C. The van der Waals surface area contributed by atoms with Crippen molar-refractivity contribution in [1.82, 2.24) is 4.98 Å². The van der Waals surface area contributed by atoms with Crippen molar-refractivity contribution in [3.63, 3.8) is 0 Å². The van der Waals surface area contributed by atoms with E-state index in [0.29, 0.717) is 0 Å². The molecule has 1 heterocycles. The highest BCUT2D eigenvalue weighted by molar-refractivity contribution is 5.41. The number of hydrogen-bond donors (Lipinski definition) is 1. The highest BCUT2D eigenvalue weighted by Crippen LogP contribution is 2.32. The summed E-state index contributed by atoms with van der Waals surface area (Å²) in [6, 6.07) is 0. The van der Waals surface area contributed by atoms with Gasteiger partial charge in [0, 0.05) is 35.0 Å². The summed E-state index contributed by atoms with van der Waals surface area (Å²) < 4.78 is 5.46. The van der Waals surface area contributed by atoms with E-state index in [4.69, 9.17) is 10.5 Å².